The number of aliphatic hydroxyl groups is 1. The monoisotopic (exact) mass is 380 g/mol. The van der Waals surface area contributed by atoms with Crippen molar-refractivity contribution in [2.45, 2.75) is 43.4 Å². The molecule has 5 rings (SSSR count). The summed E-state index contributed by atoms with van der Waals surface area (Å²) in [6, 6.07) is 6.71. The van der Waals surface area contributed by atoms with Crippen LogP contribution in [0.25, 0.3) is 10.9 Å². The highest BCUT2D eigenvalue weighted by Crippen LogP contribution is 2.50. The first-order valence-electron chi connectivity index (χ1n) is 10.2. The van der Waals surface area contributed by atoms with Gasteiger partial charge in [0.05, 0.1) is 6.10 Å². The molecule has 5 nitrogen and oxygen atoms in total. The Morgan fingerprint density at radius 2 is 2.11 bits per heavy atom. The molecule has 0 saturated carbocycles. The van der Waals surface area contributed by atoms with Crippen LogP contribution in [0.5, 0.6) is 0 Å². The number of likely N-dealkylation sites (tertiary alicyclic amines) is 1. The van der Waals surface area contributed by atoms with Crippen molar-refractivity contribution in [3.05, 3.63) is 47.2 Å². The third-order valence-electron chi connectivity index (χ3n) is 7.32. The van der Waals surface area contributed by atoms with Gasteiger partial charge in [-0.1, -0.05) is 12.1 Å². The number of piperidine rings is 1. The average molecular weight is 380 g/mol. The number of hydrogen-bond acceptors (Lipinski definition) is 4. The molecule has 0 amide bonds. The summed E-state index contributed by atoms with van der Waals surface area (Å²) in [7, 11) is 6.05. The van der Waals surface area contributed by atoms with Crippen molar-refractivity contribution < 1.29 is 14.6 Å². The van der Waals surface area contributed by atoms with E-state index in [1.807, 2.05) is 0 Å². The third kappa shape index (κ3) is 2.39. The van der Waals surface area contributed by atoms with Crippen LogP contribution in [0.2, 0.25) is 0 Å². The summed E-state index contributed by atoms with van der Waals surface area (Å²) in [5.41, 5.74) is 4.29. The first kappa shape index (κ1) is 18.1. The largest absolute Gasteiger partial charge is 0.388 e. The van der Waals surface area contributed by atoms with E-state index in [4.69, 9.17) is 4.74 Å². The second-order valence-electron chi connectivity index (χ2n) is 8.81. The summed E-state index contributed by atoms with van der Waals surface area (Å²) < 4.78 is 8.53. The number of benzene rings is 1. The van der Waals surface area contributed by atoms with Gasteiger partial charge >= 0.3 is 0 Å². The number of likely N-dealkylation sites (N-methyl/N-ethyl adjacent to an activating group) is 1. The molecule has 28 heavy (non-hydrogen) atoms. The number of carbonyl (C=O) groups is 1. The van der Waals surface area contributed by atoms with Crippen LogP contribution in [0.3, 0.4) is 0 Å². The molecule has 0 spiro atoms. The zero-order chi connectivity index (χ0) is 19.6. The lowest BCUT2D eigenvalue weighted by Gasteiger charge is -2.53. The number of methoxy groups -OCH3 is 1. The van der Waals surface area contributed by atoms with Crippen molar-refractivity contribution in [2.75, 3.05) is 20.7 Å². The molecule has 4 atom stereocenters. The standard InChI is InChI=1S/C23H28N2O3/c1-24-12-15-10-20-23(28-3,18-5-4-6-19(24)21(15)18)11-16(13-25(20)2)22(27)14-7-8-17(26)9-14/h4-6,9,12,16,20,22,27H,7-8,10-11,13H2,1-3H3/t16?,20-,22?,23+/m1/s1. The number of hydrogen-bond donors (Lipinski definition) is 1. The van der Waals surface area contributed by atoms with E-state index >= 15 is 0 Å². The normalized spacial score (nSPS) is 31.1. The lowest BCUT2D eigenvalue weighted by atomic mass is 9.67. The summed E-state index contributed by atoms with van der Waals surface area (Å²) in [6.45, 7) is 0.806. The highest BCUT2D eigenvalue weighted by atomic mass is 16.5. The van der Waals surface area contributed by atoms with E-state index in [0.717, 1.165) is 25.0 Å². The van der Waals surface area contributed by atoms with Gasteiger partial charge in [-0.15, -0.1) is 0 Å². The maximum Gasteiger partial charge on any atom is 0.156 e. The summed E-state index contributed by atoms with van der Waals surface area (Å²) in [5.74, 6) is 0.174. The van der Waals surface area contributed by atoms with Crippen LogP contribution in [0.4, 0.5) is 0 Å². The van der Waals surface area contributed by atoms with Gasteiger partial charge in [-0.2, -0.15) is 0 Å². The lowest BCUT2D eigenvalue weighted by molar-refractivity contribution is -0.137. The molecule has 5 heteroatoms. The number of fused-ring (bicyclic) bond motifs is 2. The van der Waals surface area contributed by atoms with Crippen LogP contribution in [0.15, 0.2) is 36.0 Å². The van der Waals surface area contributed by atoms with Crippen LogP contribution >= 0.6 is 0 Å². The Balaban J connectivity index is 1.61. The minimum Gasteiger partial charge on any atom is -0.388 e. The van der Waals surface area contributed by atoms with E-state index in [9.17, 15) is 9.90 Å². The molecule has 2 heterocycles. The number of aromatic nitrogens is 1. The van der Waals surface area contributed by atoms with E-state index in [0.29, 0.717) is 12.8 Å². The minimum atomic E-state index is -0.585. The van der Waals surface area contributed by atoms with Crippen LogP contribution in [0, 0.1) is 5.92 Å². The number of ketones is 1. The Morgan fingerprint density at radius 3 is 2.82 bits per heavy atom. The molecule has 0 bridgehead atoms. The Hall–Kier alpha value is -1.95. The predicted molar refractivity (Wildman–Crippen MR) is 108 cm³/mol. The van der Waals surface area contributed by atoms with E-state index in [1.54, 1.807) is 13.2 Å². The first-order chi connectivity index (χ1) is 13.4. The van der Waals surface area contributed by atoms with Gasteiger partial charge in [0.1, 0.15) is 5.60 Å². The number of nitrogens with zero attached hydrogens (tertiary/aromatic N) is 2. The Bertz CT molecular complexity index is 991. The number of carbonyl (C=O) groups excluding carboxylic acids is 1. The topological polar surface area (TPSA) is 54.7 Å². The minimum absolute atomic E-state index is 0.0406. The van der Waals surface area contributed by atoms with Gasteiger partial charge in [0, 0.05) is 56.2 Å². The van der Waals surface area contributed by atoms with Gasteiger partial charge in [-0.25, -0.2) is 0 Å². The second kappa shape index (κ2) is 6.28. The fourth-order valence-corrected chi connectivity index (χ4v) is 6.00. The number of aryl methyl sites for hydroxylation is 1. The average Bonchev–Trinajstić information content (AvgIpc) is 3.26. The number of aliphatic hydroxyl groups excluding tert-OH is 1. The van der Waals surface area contributed by atoms with Crippen molar-refractivity contribution in [2.24, 2.45) is 13.0 Å². The van der Waals surface area contributed by atoms with E-state index in [-0.39, 0.29) is 17.7 Å². The van der Waals surface area contributed by atoms with Gasteiger partial charge in [-0.05, 0) is 55.2 Å². The molecule has 0 radical (unpaired) electrons. The van der Waals surface area contributed by atoms with Gasteiger partial charge in [-0.3, -0.25) is 9.69 Å². The number of rotatable bonds is 3. The second-order valence-corrected chi connectivity index (χ2v) is 8.81. The smallest absolute Gasteiger partial charge is 0.156 e. The summed E-state index contributed by atoms with van der Waals surface area (Å²) >= 11 is 0. The first-order valence-corrected chi connectivity index (χ1v) is 10.2. The SMILES string of the molecule is CO[C@]12CC(C(O)C3=CC(=O)CC3)CN(C)[C@@H]1Cc1cn(C)c3cccc2c13. The van der Waals surface area contributed by atoms with Crippen molar-refractivity contribution >= 4 is 16.7 Å². The summed E-state index contributed by atoms with van der Waals surface area (Å²) in [5, 5.41) is 12.4. The molecule has 1 aliphatic heterocycles. The van der Waals surface area contributed by atoms with Crippen molar-refractivity contribution in [3.63, 3.8) is 0 Å². The van der Waals surface area contributed by atoms with Gasteiger partial charge in [0.2, 0.25) is 0 Å². The molecular weight excluding hydrogens is 352 g/mol. The van der Waals surface area contributed by atoms with Crippen LogP contribution in [-0.4, -0.2) is 53.2 Å². The molecule has 2 aromatic rings. The summed E-state index contributed by atoms with van der Waals surface area (Å²) in [4.78, 5) is 14.0. The molecular formula is C23H28N2O3. The fraction of sp³-hybridized carbons (Fsp3) is 0.522. The van der Waals surface area contributed by atoms with E-state index in [2.05, 4.69) is 48.0 Å². The van der Waals surface area contributed by atoms with Gasteiger partial charge < -0.3 is 14.4 Å². The van der Waals surface area contributed by atoms with Crippen LogP contribution in [-0.2, 0) is 28.6 Å². The molecule has 1 saturated heterocycles. The van der Waals surface area contributed by atoms with Crippen molar-refractivity contribution in [1.82, 2.24) is 9.47 Å². The molecule has 2 unspecified atom stereocenters. The molecule has 1 fully saturated rings. The van der Waals surface area contributed by atoms with E-state index in [1.165, 1.54) is 22.0 Å². The zero-order valence-corrected chi connectivity index (χ0v) is 16.8. The Labute approximate surface area is 165 Å². The van der Waals surface area contributed by atoms with Crippen molar-refractivity contribution in [1.29, 1.82) is 0 Å². The quantitative estimate of drug-likeness (QED) is 0.889. The molecule has 148 valence electrons. The molecule has 2 aliphatic carbocycles. The Morgan fingerprint density at radius 1 is 1.29 bits per heavy atom. The maximum atomic E-state index is 11.7. The number of ether oxygens (including phenoxy) is 1. The molecule has 1 N–H and O–H groups in total. The van der Waals surface area contributed by atoms with Gasteiger partial charge in [0.15, 0.2) is 5.78 Å². The maximum absolute atomic E-state index is 11.7. The van der Waals surface area contributed by atoms with E-state index < -0.39 is 11.7 Å². The molecule has 3 aliphatic rings. The van der Waals surface area contributed by atoms with Crippen LogP contribution in [0.1, 0.15) is 30.4 Å². The molecule has 1 aromatic carbocycles. The van der Waals surface area contributed by atoms with Crippen LogP contribution < -0.4 is 0 Å². The number of allylic oxidation sites excluding steroid dienone is 1. The molecule has 1 aromatic heterocycles. The Kier molecular flexibility index (Phi) is 4.06. The van der Waals surface area contributed by atoms with Crippen molar-refractivity contribution in [3.8, 4) is 0 Å². The fourth-order valence-electron chi connectivity index (χ4n) is 6.00. The van der Waals surface area contributed by atoms with Gasteiger partial charge in [0.25, 0.3) is 0 Å². The zero-order valence-electron chi connectivity index (χ0n) is 16.8. The summed E-state index contributed by atoms with van der Waals surface area (Å²) in [6.07, 6.45) is 6.24. The third-order valence-corrected chi connectivity index (χ3v) is 7.32. The lowest BCUT2D eigenvalue weighted by Crippen LogP contribution is -2.60. The highest BCUT2D eigenvalue weighted by molar-refractivity contribution is 5.93. The predicted octanol–water partition coefficient (Wildman–Crippen LogP) is 2.55. The highest BCUT2D eigenvalue weighted by Gasteiger charge is 2.53.